The van der Waals surface area contributed by atoms with Crippen molar-refractivity contribution in [2.75, 3.05) is 25.1 Å². The predicted octanol–water partition coefficient (Wildman–Crippen LogP) is 2.01. The van der Waals surface area contributed by atoms with Crippen LogP contribution in [0.25, 0.3) is 10.9 Å². The van der Waals surface area contributed by atoms with Crippen molar-refractivity contribution in [3.63, 3.8) is 0 Å². The lowest BCUT2D eigenvalue weighted by atomic mass is 10.2. The van der Waals surface area contributed by atoms with Gasteiger partial charge >= 0.3 is 0 Å². The first-order valence-electron chi connectivity index (χ1n) is 7.10. The molecule has 0 unspecified atom stereocenters. The van der Waals surface area contributed by atoms with Crippen molar-refractivity contribution in [2.24, 2.45) is 0 Å². The summed E-state index contributed by atoms with van der Waals surface area (Å²) in [4.78, 5) is 22.0. The van der Waals surface area contributed by atoms with Crippen LogP contribution in [0.15, 0.2) is 18.2 Å². The molecule has 1 aliphatic rings. The summed E-state index contributed by atoms with van der Waals surface area (Å²) in [6, 6.07) is 5.76. The highest BCUT2D eigenvalue weighted by Crippen LogP contribution is 2.30. The van der Waals surface area contributed by atoms with Crippen molar-refractivity contribution in [1.29, 1.82) is 0 Å². The number of carbonyl (C=O) groups excluding carboxylic acids is 1. The van der Waals surface area contributed by atoms with Gasteiger partial charge in [-0.1, -0.05) is 0 Å². The van der Waals surface area contributed by atoms with Gasteiger partial charge in [0.1, 0.15) is 11.6 Å². The maximum Gasteiger partial charge on any atom is 0.224 e. The lowest BCUT2D eigenvalue weighted by molar-refractivity contribution is -0.119. The van der Waals surface area contributed by atoms with Gasteiger partial charge in [0.25, 0.3) is 0 Å². The minimum absolute atomic E-state index is 0.0147. The molecule has 1 amide bonds. The molecule has 3 rings (SSSR count). The highest BCUT2D eigenvalue weighted by Gasteiger charge is 2.26. The van der Waals surface area contributed by atoms with Crippen LogP contribution in [0.4, 0.5) is 5.82 Å². The molecule has 1 saturated heterocycles. The Morgan fingerprint density at radius 1 is 1.45 bits per heavy atom. The number of hydrogen-bond donors (Lipinski definition) is 1. The third-order valence-electron chi connectivity index (χ3n) is 3.75. The fourth-order valence-electron chi connectivity index (χ4n) is 2.79. The predicted molar refractivity (Wildman–Crippen MR) is 85.5 cm³/mol. The standard InChI is InChI=1S/C15H17ClN4O2/c1-9(21)17-10-5-6-20(8-10)14-12-7-11(22-2)3-4-13(12)18-15(16)19-14/h3-4,7,10H,5-6,8H2,1-2H3,(H,17,21)/t10-/m0/s1. The molecule has 0 spiro atoms. The van der Waals surface area contributed by atoms with E-state index < -0.39 is 0 Å². The maximum atomic E-state index is 11.2. The zero-order valence-electron chi connectivity index (χ0n) is 12.5. The van der Waals surface area contributed by atoms with E-state index in [1.54, 1.807) is 7.11 Å². The van der Waals surface area contributed by atoms with Crippen LogP contribution in [0.5, 0.6) is 5.75 Å². The zero-order chi connectivity index (χ0) is 15.7. The molecule has 0 aliphatic carbocycles. The highest BCUT2D eigenvalue weighted by molar-refractivity contribution is 6.28. The smallest absolute Gasteiger partial charge is 0.224 e. The molecule has 1 aromatic heterocycles. The first-order valence-corrected chi connectivity index (χ1v) is 7.48. The van der Waals surface area contributed by atoms with E-state index in [1.807, 2.05) is 18.2 Å². The molecule has 22 heavy (non-hydrogen) atoms. The lowest BCUT2D eigenvalue weighted by Gasteiger charge is -2.20. The Labute approximate surface area is 133 Å². The Balaban J connectivity index is 1.97. The molecule has 6 nitrogen and oxygen atoms in total. The van der Waals surface area contributed by atoms with Gasteiger partial charge < -0.3 is 15.0 Å². The number of nitrogens with zero attached hydrogens (tertiary/aromatic N) is 3. The number of halogens is 1. The van der Waals surface area contributed by atoms with Crippen LogP contribution in [0.2, 0.25) is 5.28 Å². The average Bonchev–Trinajstić information content (AvgIpc) is 2.93. The monoisotopic (exact) mass is 320 g/mol. The molecule has 1 aliphatic heterocycles. The van der Waals surface area contributed by atoms with Crippen molar-refractivity contribution >= 4 is 34.2 Å². The second kappa shape index (κ2) is 5.96. The van der Waals surface area contributed by atoms with Gasteiger partial charge in [-0.15, -0.1) is 0 Å². The Morgan fingerprint density at radius 3 is 3.00 bits per heavy atom. The third-order valence-corrected chi connectivity index (χ3v) is 3.92. The van der Waals surface area contributed by atoms with Crippen molar-refractivity contribution in [3.8, 4) is 5.75 Å². The number of methoxy groups -OCH3 is 1. The summed E-state index contributed by atoms with van der Waals surface area (Å²) in [5.41, 5.74) is 0.777. The van der Waals surface area contributed by atoms with Gasteiger partial charge in [-0.3, -0.25) is 4.79 Å². The molecule has 1 fully saturated rings. The average molecular weight is 321 g/mol. The topological polar surface area (TPSA) is 67.4 Å². The first kappa shape index (κ1) is 14.8. The number of hydrogen-bond acceptors (Lipinski definition) is 5. The fourth-order valence-corrected chi connectivity index (χ4v) is 2.96. The number of aromatic nitrogens is 2. The molecule has 7 heteroatoms. The van der Waals surface area contributed by atoms with Crippen molar-refractivity contribution in [2.45, 2.75) is 19.4 Å². The van der Waals surface area contributed by atoms with Gasteiger partial charge in [0, 0.05) is 31.4 Å². The molecule has 1 atom stereocenters. The largest absolute Gasteiger partial charge is 0.497 e. The Kier molecular flexibility index (Phi) is 4.02. The second-order valence-corrected chi connectivity index (χ2v) is 5.67. The number of anilines is 1. The van der Waals surface area contributed by atoms with Gasteiger partial charge in [-0.05, 0) is 36.2 Å². The maximum absolute atomic E-state index is 11.2. The normalized spacial score (nSPS) is 17.8. The number of carbonyl (C=O) groups is 1. The Morgan fingerprint density at radius 2 is 2.27 bits per heavy atom. The number of fused-ring (bicyclic) bond motifs is 1. The second-order valence-electron chi connectivity index (χ2n) is 5.33. The molecular weight excluding hydrogens is 304 g/mol. The zero-order valence-corrected chi connectivity index (χ0v) is 13.2. The van der Waals surface area contributed by atoms with Gasteiger partial charge in [-0.25, -0.2) is 4.98 Å². The van der Waals surface area contributed by atoms with Crippen LogP contribution in [-0.4, -0.2) is 42.1 Å². The number of nitrogens with one attached hydrogen (secondary N) is 1. The van der Waals surface area contributed by atoms with E-state index in [-0.39, 0.29) is 17.2 Å². The number of ether oxygens (including phenoxy) is 1. The van der Waals surface area contributed by atoms with E-state index in [1.165, 1.54) is 6.92 Å². The molecule has 116 valence electrons. The lowest BCUT2D eigenvalue weighted by Crippen LogP contribution is -2.35. The summed E-state index contributed by atoms with van der Waals surface area (Å²) < 4.78 is 5.28. The van der Waals surface area contributed by atoms with E-state index in [2.05, 4.69) is 20.2 Å². The van der Waals surface area contributed by atoms with Crippen LogP contribution in [0.1, 0.15) is 13.3 Å². The van der Waals surface area contributed by atoms with Gasteiger partial charge in [0.2, 0.25) is 11.2 Å². The number of benzene rings is 1. The molecule has 0 bridgehead atoms. The van der Waals surface area contributed by atoms with Crippen LogP contribution < -0.4 is 15.0 Å². The summed E-state index contributed by atoms with van der Waals surface area (Å²) in [5.74, 6) is 1.51. The van der Waals surface area contributed by atoms with E-state index >= 15 is 0 Å². The van der Waals surface area contributed by atoms with Gasteiger partial charge in [-0.2, -0.15) is 4.98 Å². The molecule has 2 aromatic rings. The number of rotatable bonds is 3. The molecule has 0 saturated carbocycles. The SMILES string of the molecule is COc1ccc2nc(Cl)nc(N3CC[C@H](NC(C)=O)C3)c2c1. The molecular formula is C15H17ClN4O2. The summed E-state index contributed by atoms with van der Waals surface area (Å²) in [6.07, 6.45) is 0.882. The highest BCUT2D eigenvalue weighted by atomic mass is 35.5. The van der Waals surface area contributed by atoms with Crippen LogP contribution in [0.3, 0.4) is 0 Å². The Hall–Kier alpha value is -2.08. The number of amides is 1. The van der Waals surface area contributed by atoms with Crippen LogP contribution >= 0.6 is 11.6 Å². The van der Waals surface area contributed by atoms with E-state index in [0.717, 1.165) is 35.4 Å². The summed E-state index contributed by atoms with van der Waals surface area (Å²) in [7, 11) is 1.63. The fraction of sp³-hybridized carbons (Fsp3) is 0.400. The van der Waals surface area contributed by atoms with E-state index in [0.29, 0.717) is 6.54 Å². The van der Waals surface area contributed by atoms with Gasteiger partial charge in [0.15, 0.2) is 0 Å². The van der Waals surface area contributed by atoms with Crippen molar-refractivity contribution in [1.82, 2.24) is 15.3 Å². The van der Waals surface area contributed by atoms with Gasteiger partial charge in [0.05, 0.1) is 12.6 Å². The van der Waals surface area contributed by atoms with E-state index in [9.17, 15) is 4.79 Å². The summed E-state index contributed by atoms with van der Waals surface area (Å²) in [5, 5.41) is 4.06. The van der Waals surface area contributed by atoms with Crippen LogP contribution in [-0.2, 0) is 4.79 Å². The molecule has 1 N–H and O–H groups in total. The quantitative estimate of drug-likeness (QED) is 0.876. The van der Waals surface area contributed by atoms with E-state index in [4.69, 9.17) is 16.3 Å². The molecule has 0 radical (unpaired) electrons. The van der Waals surface area contributed by atoms with Crippen molar-refractivity contribution < 1.29 is 9.53 Å². The Bertz CT molecular complexity index is 722. The summed E-state index contributed by atoms with van der Waals surface area (Å²) in [6.45, 7) is 3.05. The first-order chi connectivity index (χ1) is 10.6. The third kappa shape index (κ3) is 2.92. The molecule has 1 aromatic carbocycles. The summed E-state index contributed by atoms with van der Waals surface area (Å²) >= 11 is 6.05. The molecule has 2 heterocycles. The van der Waals surface area contributed by atoms with Crippen LogP contribution in [0, 0.1) is 0 Å². The minimum Gasteiger partial charge on any atom is -0.497 e. The minimum atomic E-state index is -0.0147. The van der Waals surface area contributed by atoms with Crippen molar-refractivity contribution in [3.05, 3.63) is 23.5 Å².